The van der Waals surface area contributed by atoms with Crippen LogP contribution < -0.4 is 0 Å². The van der Waals surface area contributed by atoms with Gasteiger partial charge >= 0.3 is 0 Å². The third kappa shape index (κ3) is 3.22. The van der Waals surface area contributed by atoms with Crippen LogP contribution >= 0.6 is 15.9 Å². The molecule has 1 aliphatic rings. The molecule has 0 aliphatic carbocycles. The molecule has 1 saturated heterocycles. The second-order valence-electron chi connectivity index (χ2n) is 3.74. The SMILES string of the molecule is CCCCC[C@@]1(CBr)OC[C@H](C)O1. The molecule has 1 rings (SSSR count). The molecule has 78 valence electrons. The zero-order chi connectivity index (χ0) is 9.73. The lowest BCUT2D eigenvalue weighted by Gasteiger charge is -2.25. The van der Waals surface area contributed by atoms with Crippen LogP contribution in [0.3, 0.4) is 0 Å². The van der Waals surface area contributed by atoms with Gasteiger partial charge in [-0.1, -0.05) is 35.7 Å². The number of ether oxygens (including phenoxy) is 2. The molecular formula is C10H19BrO2. The molecule has 0 amide bonds. The average Bonchev–Trinajstić information content (AvgIpc) is 2.49. The van der Waals surface area contributed by atoms with Crippen LogP contribution in [0.1, 0.15) is 39.5 Å². The van der Waals surface area contributed by atoms with Crippen molar-refractivity contribution in [2.45, 2.75) is 51.4 Å². The van der Waals surface area contributed by atoms with Gasteiger partial charge in [0.05, 0.1) is 18.0 Å². The summed E-state index contributed by atoms with van der Waals surface area (Å²) in [6, 6.07) is 0. The Morgan fingerprint density at radius 3 is 2.69 bits per heavy atom. The summed E-state index contributed by atoms with van der Waals surface area (Å²) < 4.78 is 11.5. The van der Waals surface area contributed by atoms with Crippen molar-refractivity contribution in [3.63, 3.8) is 0 Å². The molecular weight excluding hydrogens is 232 g/mol. The van der Waals surface area contributed by atoms with E-state index in [2.05, 4.69) is 29.8 Å². The van der Waals surface area contributed by atoms with E-state index in [1.165, 1.54) is 19.3 Å². The largest absolute Gasteiger partial charge is 0.346 e. The predicted octanol–water partition coefficient (Wildman–Crippen LogP) is 3.09. The summed E-state index contributed by atoms with van der Waals surface area (Å²) in [6.07, 6.45) is 4.95. The van der Waals surface area contributed by atoms with E-state index in [0.717, 1.165) is 18.4 Å². The standard InChI is InChI=1S/C10H19BrO2/c1-3-4-5-6-10(8-11)12-7-9(2)13-10/h9H,3-8H2,1-2H3/t9-,10+/m0/s1. The molecule has 0 bridgehead atoms. The van der Waals surface area contributed by atoms with Gasteiger partial charge in [-0.3, -0.25) is 0 Å². The summed E-state index contributed by atoms with van der Waals surface area (Å²) in [6.45, 7) is 5.00. The van der Waals surface area contributed by atoms with Gasteiger partial charge in [-0.25, -0.2) is 0 Å². The number of alkyl halides is 1. The van der Waals surface area contributed by atoms with E-state index in [1.807, 2.05) is 0 Å². The quantitative estimate of drug-likeness (QED) is 0.552. The van der Waals surface area contributed by atoms with Gasteiger partial charge in [0.15, 0.2) is 5.79 Å². The monoisotopic (exact) mass is 250 g/mol. The third-order valence-electron chi connectivity index (χ3n) is 2.36. The molecule has 2 nitrogen and oxygen atoms in total. The summed E-state index contributed by atoms with van der Waals surface area (Å²) in [4.78, 5) is 0. The lowest BCUT2D eigenvalue weighted by molar-refractivity contribution is -0.152. The van der Waals surface area contributed by atoms with Crippen molar-refractivity contribution in [1.29, 1.82) is 0 Å². The van der Waals surface area contributed by atoms with Gasteiger partial charge in [0.2, 0.25) is 0 Å². The van der Waals surface area contributed by atoms with Gasteiger partial charge in [-0.15, -0.1) is 0 Å². The van der Waals surface area contributed by atoms with Crippen LogP contribution in [0.15, 0.2) is 0 Å². The van der Waals surface area contributed by atoms with Crippen molar-refractivity contribution in [2.75, 3.05) is 11.9 Å². The minimum Gasteiger partial charge on any atom is -0.346 e. The number of unbranched alkanes of at least 4 members (excludes halogenated alkanes) is 2. The van der Waals surface area contributed by atoms with Crippen molar-refractivity contribution < 1.29 is 9.47 Å². The molecule has 0 radical (unpaired) electrons. The molecule has 2 atom stereocenters. The smallest absolute Gasteiger partial charge is 0.178 e. The zero-order valence-electron chi connectivity index (χ0n) is 8.51. The number of hydrogen-bond acceptors (Lipinski definition) is 2. The Labute approximate surface area is 89.1 Å². The van der Waals surface area contributed by atoms with Crippen LogP contribution in [0.25, 0.3) is 0 Å². The minimum atomic E-state index is -0.325. The first-order valence-corrected chi connectivity index (χ1v) is 6.22. The van der Waals surface area contributed by atoms with Crippen molar-refractivity contribution >= 4 is 15.9 Å². The molecule has 0 spiro atoms. The molecule has 0 unspecified atom stereocenters. The first kappa shape index (κ1) is 11.5. The Balaban J connectivity index is 2.32. The van der Waals surface area contributed by atoms with E-state index in [1.54, 1.807) is 0 Å². The van der Waals surface area contributed by atoms with Gasteiger partial charge in [-0.2, -0.15) is 0 Å². The Kier molecular flexibility index (Phi) is 4.70. The number of halogens is 1. The van der Waals surface area contributed by atoms with E-state index in [9.17, 15) is 0 Å². The Hall–Kier alpha value is 0.400. The molecule has 0 aromatic carbocycles. The van der Waals surface area contributed by atoms with Crippen LogP contribution in [0.5, 0.6) is 0 Å². The molecule has 1 aliphatic heterocycles. The molecule has 13 heavy (non-hydrogen) atoms. The van der Waals surface area contributed by atoms with Gasteiger partial charge in [0.25, 0.3) is 0 Å². The average molecular weight is 251 g/mol. The normalized spacial score (nSPS) is 33.9. The van der Waals surface area contributed by atoms with E-state index in [0.29, 0.717) is 0 Å². The van der Waals surface area contributed by atoms with E-state index < -0.39 is 0 Å². The zero-order valence-corrected chi connectivity index (χ0v) is 10.1. The molecule has 3 heteroatoms. The fraction of sp³-hybridized carbons (Fsp3) is 1.00. The van der Waals surface area contributed by atoms with E-state index in [4.69, 9.17) is 9.47 Å². The molecule has 1 heterocycles. The highest BCUT2D eigenvalue weighted by Gasteiger charge is 2.38. The fourth-order valence-electron chi connectivity index (χ4n) is 1.62. The van der Waals surface area contributed by atoms with Crippen molar-refractivity contribution in [3.05, 3.63) is 0 Å². The second kappa shape index (κ2) is 5.32. The lowest BCUT2D eigenvalue weighted by Crippen LogP contribution is -2.32. The molecule has 1 fully saturated rings. The van der Waals surface area contributed by atoms with Crippen molar-refractivity contribution in [1.82, 2.24) is 0 Å². The van der Waals surface area contributed by atoms with Gasteiger partial charge in [0, 0.05) is 6.42 Å². The van der Waals surface area contributed by atoms with E-state index in [-0.39, 0.29) is 11.9 Å². The second-order valence-corrected chi connectivity index (χ2v) is 4.30. The maximum Gasteiger partial charge on any atom is 0.178 e. The summed E-state index contributed by atoms with van der Waals surface area (Å²) in [5, 5.41) is 0.786. The van der Waals surface area contributed by atoms with Gasteiger partial charge in [-0.05, 0) is 13.3 Å². The summed E-state index contributed by atoms with van der Waals surface area (Å²) in [7, 11) is 0. The first-order chi connectivity index (χ1) is 6.22. The van der Waals surface area contributed by atoms with Crippen molar-refractivity contribution in [2.24, 2.45) is 0 Å². The fourth-order valence-corrected chi connectivity index (χ4v) is 2.19. The van der Waals surface area contributed by atoms with Crippen LogP contribution in [0.4, 0.5) is 0 Å². The minimum absolute atomic E-state index is 0.249. The van der Waals surface area contributed by atoms with Crippen molar-refractivity contribution in [3.8, 4) is 0 Å². The summed E-state index contributed by atoms with van der Waals surface area (Å²) in [5.74, 6) is -0.325. The van der Waals surface area contributed by atoms with Crippen LogP contribution in [-0.2, 0) is 9.47 Å². The Bertz CT molecular complexity index is 152. The predicted molar refractivity (Wildman–Crippen MR) is 57.2 cm³/mol. The highest BCUT2D eigenvalue weighted by Crippen LogP contribution is 2.30. The van der Waals surface area contributed by atoms with Gasteiger partial charge < -0.3 is 9.47 Å². The van der Waals surface area contributed by atoms with E-state index >= 15 is 0 Å². The van der Waals surface area contributed by atoms with Crippen LogP contribution in [-0.4, -0.2) is 23.8 Å². The Morgan fingerprint density at radius 2 is 2.23 bits per heavy atom. The maximum atomic E-state index is 5.78. The maximum absolute atomic E-state index is 5.78. The molecule has 0 aromatic rings. The van der Waals surface area contributed by atoms with Gasteiger partial charge in [0.1, 0.15) is 0 Å². The topological polar surface area (TPSA) is 18.5 Å². The Morgan fingerprint density at radius 1 is 1.46 bits per heavy atom. The molecule has 0 aromatic heterocycles. The molecule has 0 saturated carbocycles. The van der Waals surface area contributed by atoms with Crippen LogP contribution in [0, 0.1) is 0 Å². The number of hydrogen-bond donors (Lipinski definition) is 0. The van der Waals surface area contributed by atoms with Crippen LogP contribution in [0.2, 0.25) is 0 Å². The lowest BCUT2D eigenvalue weighted by atomic mass is 10.1. The summed E-state index contributed by atoms with van der Waals surface area (Å²) in [5.41, 5.74) is 0. The third-order valence-corrected chi connectivity index (χ3v) is 3.22. The highest BCUT2D eigenvalue weighted by molar-refractivity contribution is 9.09. The molecule has 0 N–H and O–H groups in total. The number of rotatable bonds is 5. The first-order valence-electron chi connectivity index (χ1n) is 5.10. The summed E-state index contributed by atoms with van der Waals surface area (Å²) >= 11 is 3.46. The highest BCUT2D eigenvalue weighted by atomic mass is 79.9.